The molecule has 1 aromatic carbocycles. The summed E-state index contributed by atoms with van der Waals surface area (Å²) in [5.74, 6) is 1.70. The number of rotatable bonds is 2. The number of hydrogen-bond donors (Lipinski definition) is 0. The number of likely N-dealkylation sites (tertiary alicyclic amines) is 1. The summed E-state index contributed by atoms with van der Waals surface area (Å²) in [6, 6.07) is 10.9. The van der Waals surface area contributed by atoms with Gasteiger partial charge < -0.3 is 0 Å². The van der Waals surface area contributed by atoms with E-state index in [1.807, 2.05) is 0 Å². The Hall–Kier alpha value is -1.34. The molecule has 5 rings (SSSR count). The maximum atomic E-state index is 2.65. The topological polar surface area (TPSA) is 3.24 Å². The monoisotopic (exact) mass is 235 g/mol. The molecule has 1 saturated heterocycles. The second-order valence-corrected chi connectivity index (χ2v) is 6.48. The van der Waals surface area contributed by atoms with Gasteiger partial charge >= 0.3 is 0 Å². The van der Waals surface area contributed by atoms with Gasteiger partial charge in [0.15, 0.2) is 0 Å². The Kier molecular flexibility index (Phi) is 1.49. The molecule has 0 bridgehead atoms. The van der Waals surface area contributed by atoms with Gasteiger partial charge in [0.25, 0.3) is 0 Å². The lowest BCUT2D eigenvalue weighted by atomic mass is 9.97. The molecule has 2 atom stereocenters. The van der Waals surface area contributed by atoms with Crippen molar-refractivity contribution in [2.45, 2.75) is 6.54 Å². The molecule has 1 heterocycles. The summed E-state index contributed by atoms with van der Waals surface area (Å²) in [5, 5.41) is 0. The molecule has 1 saturated carbocycles. The van der Waals surface area contributed by atoms with Crippen molar-refractivity contribution < 1.29 is 0 Å². The minimum Gasteiger partial charge on any atom is -0.297 e. The number of benzene rings is 1. The lowest BCUT2D eigenvalue weighted by Gasteiger charge is -2.21. The molecule has 2 unspecified atom stereocenters. The van der Waals surface area contributed by atoms with Crippen LogP contribution < -0.4 is 0 Å². The van der Waals surface area contributed by atoms with Crippen molar-refractivity contribution in [2.75, 3.05) is 13.1 Å². The molecule has 0 amide bonds. The predicted molar refractivity (Wildman–Crippen MR) is 71.8 cm³/mol. The third kappa shape index (κ3) is 0.883. The van der Waals surface area contributed by atoms with E-state index in [-0.39, 0.29) is 0 Å². The van der Waals surface area contributed by atoms with E-state index in [4.69, 9.17) is 0 Å². The van der Waals surface area contributed by atoms with Crippen molar-refractivity contribution in [3.05, 3.63) is 60.2 Å². The summed E-state index contributed by atoms with van der Waals surface area (Å²) < 4.78 is 0. The van der Waals surface area contributed by atoms with Crippen LogP contribution in [0.2, 0.25) is 0 Å². The summed E-state index contributed by atoms with van der Waals surface area (Å²) in [7, 11) is 0. The lowest BCUT2D eigenvalue weighted by molar-refractivity contribution is 0.254. The predicted octanol–water partition coefficient (Wildman–Crippen LogP) is 2.86. The van der Waals surface area contributed by atoms with Gasteiger partial charge in [-0.3, -0.25) is 4.90 Å². The molecule has 1 nitrogen and oxygen atoms in total. The van der Waals surface area contributed by atoms with E-state index in [2.05, 4.69) is 59.5 Å². The Labute approximate surface area is 108 Å². The zero-order chi connectivity index (χ0) is 11.8. The molecule has 0 N–H and O–H groups in total. The van der Waals surface area contributed by atoms with E-state index in [1.54, 1.807) is 0 Å². The SMILES string of the molecule is C1=CC23CN(Cc4ccccc4)CC24C=CC1C34. The average molecular weight is 235 g/mol. The number of piperidine rings is 1. The fourth-order valence-corrected chi connectivity index (χ4v) is 5.09. The van der Waals surface area contributed by atoms with E-state index in [9.17, 15) is 0 Å². The van der Waals surface area contributed by atoms with Crippen LogP contribution in [0.25, 0.3) is 0 Å². The smallest absolute Gasteiger partial charge is 0.0234 e. The molecular weight excluding hydrogens is 218 g/mol. The minimum atomic E-state index is 0.529. The standard InChI is InChI=1S/C17H17N/c1-2-4-13(5-3-1)10-18-11-16-8-6-14-7-9-17(16,12-18)15(14)16/h1-9,14-15H,10-12H2. The largest absolute Gasteiger partial charge is 0.297 e. The molecule has 2 fully saturated rings. The molecule has 0 aromatic heterocycles. The number of nitrogens with zero attached hydrogens (tertiary/aromatic N) is 1. The first-order chi connectivity index (χ1) is 8.84. The second-order valence-electron chi connectivity index (χ2n) is 6.48. The highest BCUT2D eigenvalue weighted by molar-refractivity contribution is 5.50. The second kappa shape index (κ2) is 2.80. The highest BCUT2D eigenvalue weighted by atomic mass is 15.2. The van der Waals surface area contributed by atoms with Crippen LogP contribution in [-0.4, -0.2) is 18.0 Å². The van der Waals surface area contributed by atoms with Crippen LogP contribution in [0.4, 0.5) is 0 Å². The van der Waals surface area contributed by atoms with Crippen molar-refractivity contribution >= 4 is 0 Å². The zero-order valence-corrected chi connectivity index (χ0v) is 10.4. The fraction of sp³-hybridized carbons (Fsp3) is 0.412. The summed E-state index contributed by atoms with van der Waals surface area (Å²) in [4.78, 5) is 2.65. The van der Waals surface area contributed by atoms with Crippen molar-refractivity contribution in [1.29, 1.82) is 0 Å². The lowest BCUT2D eigenvalue weighted by Crippen LogP contribution is -2.27. The molecule has 0 radical (unpaired) electrons. The summed E-state index contributed by atoms with van der Waals surface area (Å²) in [6.07, 6.45) is 9.96. The highest BCUT2D eigenvalue weighted by Gasteiger charge is 2.82. The van der Waals surface area contributed by atoms with Crippen LogP contribution in [0, 0.1) is 22.7 Å². The Morgan fingerprint density at radius 3 is 2.33 bits per heavy atom. The molecule has 1 heteroatoms. The van der Waals surface area contributed by atoms with Gasteiger partial charge in [-0.2, -0.15) is 0 Å². The third-order valence-corrected chi connectivity index (χ3v) is 5.73. The number of allylic oxidation sites excluding steroid dienone is 2. The quantitative estimate of drug-likeness (QED) is 0.712. The normalized spacial score (nSPS) is 46.4. The first-order valence-electron chi connectivity index (χ1n) is 6.99. The van der Waals surface area contributed by atoms with Gasteiger partial charge in [0.2, 0.25) is 0 Å². The Bertz CT molecular complexity index is 543. The van der Waals surface area contributed by atoms with E-state index >= 15 is 0 Å². The van der Waals surface area contributed by atoms with E-state index < -0.39 is 0 Å². The molecule has 2 spiro atoms. The Morgan fingerprint density at radius 1 is 1.00 bits per heavy atom. The van der Waals surface area contributed by atoms with Gasteiger partial charge in [-0.25, -0.2) is 0 Å². The van der Waals surface area contributed by atoms with E-state index in [1.165, 1.54) is 18.7 Å². The molecule has 18 heavy (non-hydrogen) atoms. The van der Waals surface area contributed by atoms with Gasteiger partial charge in [0.1, 0.15) is 0 Å². The fourth-order valence-electron chi connectivity index (χ4n) is 5.09. The average Bonchev–Trinajstić information content (AvgIpc) is 2.80. The zero-order valence-electron chi connectivity index (χ0n) is 10.4. The van der Waals surface area contributed by atoms with Crippen molar-refractivity contribution in [2.24, 2.45) is 22.7 Å². The summed E-state index contributed by atoms with van der Waals surface area (Å²) >= 11 is 0. The van der Waals surface area contributed by atoms with E-state index in [0.29, 0.717) is 10.8 Å². The summed E-state index contributed by atoms with van der Waals surface area (Å²) in [6.45, 7) is 3.65. The van der Waals surface area contributed by atoms with Crippen LogP contribution in [0.15, 0.2) is 54.6 Å². The third-order valence-electron chi connectivity index (χ3n) is 5.73. The number of hydrogen-bond acceptors (Lipinski definition) is 1. The Balaban J connectivity index is 1.42. The van der Waals surface area contributed by atoms with Crippen LogP contribution in [0.5, 0.6) is 0 Å². The highest BCUT2D eigenvalue weighted by Crippen LogP contribution is 2.82. The van der Waals surface area contributed by atoms with Crippen LogP contribution in [-0.2, 0) is 6.54 Å². The summed E-state index contributed by atoms with van der Waals surface area (Å²) in [5.41, 5.74) is 2.51. The van der Waals surface area contributed by atoms with Gasteiger partial charge in [-0.15, -0.1) is 0 Å². The maximum absolute atomic E-state index is 2.65. The van der Waals surface area contributed by atoms with Gasteiger partial charge in [0, 0.05) is 30.5 Å². The van der Waals surface area contributed by atoms with Gasteiger partial charge in [-0.05, 0) is 17.4 Å². The maximum Gasteiger partial charge on any atom is 0.0234 e. The molecule has 1 aromatic rings. The van der Waals surface area contributed by atoms with Crippen LogP contribution in [0.1, 0.15) is 5.56 Å². The van der Waals surface area contributed by atoms with Crippen LogP contribution in [0.3, 0.4) is 0 Å². The van der Waals surface area contributed by atoms with Crippen LogP contribution >= 0.6 is 0 Å². The van der Waals surface area contributed by atoms with Gasteiger partial charge in [0.05, 0.1) is 0 Å². The van der Waals surface area contributed by atoms with Crippen molar-refractivity contribution in [1.82, 2.24) is 4.90 Å². The molecule has 3 aliphatic carbocycles. The molecule has 90 valence electrons. The molecule has 1 aliphatic heterocycles. The van der Waals surface area contributed by atoms with Crippen molar-refractivity contribution in [3.8, 4) is 0 Å². The first kappa shape index (κ1) is 9.57. The molecule has 4 aliphatic rings. The Morgan fingerprint density at radius 2 is 1.67 bits per heavy atom. The minimum absolute atomic E-state index is 0.529. The molecular formula is C17H17N. The van der Waals surface area contributed by atoms with E-state index in [0.717, 1.165) is 18.4 Å². The van der Waals surface area contributed by atoms with Gasteiger partial charge in [-0.1, -0.05) is 54.6 Å². The first-order valence-corrected chi connectivity index (χ1v) is 6.99. The van der Waals surface area contributed by atoms with Crippen molar-refractivity contribution in [3.63, 3.8) is 0 Å².